The first-order chi connectivity index (χ1) is 11.3. The Kier molecular flexibility index (Phi) is 8.80. The number of hydrogen-bond acceptors (Lipinski definition) is 2. The van der Waals surface area contributed by atoms with Crippen molar-refractivity contribution in [3.8, 4) is 0 Å². The van der Waals surface area contributed by atoms with Crippen molar-refractivity contribution in [2.45, 2.75) is 65.2 Å². The largest absolute Gasteiger partial charge is 0.357 e. The van der Waals surface area contributed by atoms with Crippen molar-refractivity contribution in [3.05, 3.63) is 0 Å². The van der Waals surface area contributed by atoms with Gasteiger partial charge in [-0.15, -0.1) is 0 Å². The molecule has 0 spiro atoms. The molecule has 134 valence electrons. The van der Waals surface area contributed by atoms with E-state index in [0.29, 0.717) is 0 Å². The summed E-state index contributed by atoms with van der Waals surface area (Å²) in [6.45, 7) is 12.8. The molecule has 23 heavy (non-hydrogen) atoms. The van der Waals surface area contributed by atoms with Gasteiger partial charge in [0.25, 0.3) is 0 Å². The lowest BCUT2D eigenvalue weighted by atomic mass is 10.0. The summed E-state index contributed by atoms with van der Waals surface area (Å²) in [7, 11) is 0. The Labute approximate surface area is 143 Å². The van der Waals surface area contributed by atoms with Gasteiger partial charge in [-0.3, -0.25) is 4.99 Å². The molecule has 0 aliphatic carbocycles. The number of nitrogens with zero attached hydrogens (tertiary/aromatic N) is 3. The Morgan fingerprint density at radius 1 is 1.04 bits per heavy atom. The molecule has 0 radical (unpaired) electrons. The first-order valence-corrected chi connectivity index (χ1v) is 10.0. The van der Waals surface area contributed by atoms with E-state index in [4.69, 9.17) is 4.99 Å². The molecular weight excluding hydrogens is 284 g/mol. The van der Waals surface area contributed by atoms with E-state index in [-0.39, 0.29) is 0 Å². The fourth-order valence-electron chi connectivity index (χ4n) is 3.80. The van der Waals surface area contributed by atoms with Crippen molar-refractivity contribution in [1.29, 1.82) is 0 Å². The highest BCUT2D eigenvalue weighted by Crippen LogP contribution is 2.15. The number of guanidine groups is 1. The van der Waals surface area contributed by atoms with E-state index < -0.39 is 0 Å². The molecule has 4 nitrogen and oxygen atoms in total. The summed E-state index contributed by atoms with van der Waals surface area (Å²) in [6, 6.07) is 0. The number of rotatable bonds is 7. The highest BCUT2D eigenvalue weighted by Gasteiger charge is 2.18. The van der Waals surface area contributed by atoms with Gasteiger partial charge in [-0.25, -0.2) is 0 Å². The van der Waals surface area contributed by atoms with Gasteiger partial charge in [0.2, 0.25) is 0 Å². The Balaban J connectivity index is 1.62. The lowest BCUT2D eigenvalue weighted by molar-refractivity contribution is 0.224. The maximum atomic E-state index is 4.87. The summed E-state index contributed by atoms with van der Waals surface area (Å²) < 4.78 is 0. The zero-order valence-corrected chi connectivity index (χ0v) is 15.5. The van der Waals surface area contributed by atoms with E-state index in [2.05, 4.69) is 29.0 Å². The first kappa shape index (κ1) is 18.6. The Bertz CT molecular complexity index is 336. The molecule has 2 heterocycles. The minimum atomic E-state index is 0.803. The van der Waals surface area contributed by atoms with E-state index in [1.165, 1.54) is 84.1 Å². The molecule has 1 atom stereocenters. The first-order valence-electron chi connectivity index (χ1n) is 10.0. The minimum absolute atomic E-state index is 0.803. The predicted molar refractivity (Wildman–Crippen MR) is 100 cm³/mol. The third-order valence-electron chi connectivity index (χ3n) is 5.13. The van der Waals surface area contributed by atoms with Crippen LogP contribution in [0, 0.1) is 5.92 Å². The van der Waals surface area contributed by atoms with Gasteiger partial charge in [0.1, 0.15) is 0 Å². The number of unbranched alkanes of at least 4 members (excludes halogenated alkanes) is 2. The summed E-state index contributed by atoms with van der Waals surface area (Å²) in [5, 5.41) is 3.48. The van der Waals surface area contributed by atoms with Crippen LogP contribution in [0.2, 0.25) is 0 Å². The zero-order chi connectivity index (χ0) is 16.3. The number of hydrogen-bond donors (Lipinski definition) is 1. The fraction of sp³-hybridized carbons (Fsp3) is 0.947. The minimum Gasteiger partial charge on any atom is -0.357 e. The van der Waals surface area contributed by atoms with Crippen molar-refractivity contribution in [2.24, 2.45) is 10.9 Å². The zero-order valence-electron chi connectivity index (χ0n) is 15.5. The van der Waals surface area contributed by atoms with E-state index in [9.17, 15) is 0 Å². The van der Waals surface area contributed by atoms with Gasteiger partial charge in [-0.1, -0.05) is 19.8 Å². The Morgan fingerprint density at radius 2 is 1.87 bits per heavy atom. The average molecular weight is 323 g/mol. The highest BCUT2D eigenvalue weighted by molar-refractivity contribution is 5.80. The monoisotopic (exact) mass is 322 g/mol. The second-order valence-corrected chi connectivity index (χ2v) is 7.39. The normalized spacial score (nSPS) is 24.0. The second kappa shape index (κ2) is 10.9. The van der Waals surface area contributed by atoms with Gasteiger partial charge in [-0.05, 0) is 71.0 Å². The van der Waals surface area contributed by atoms with Gasteiger partial charge in [0, 0.05) is 26.2 Å². The molecule has 0 aromatic carbocycles. The molecule has 2 rings (SSSR count). The van der Waals surface area contributed by atoms with E-state index in [0.717, 1.165) is 25.0 Å². The molecule has 0 saturated carbocycles. The SMILES string of the molecule is CCNC(=NCCCCCN1CCCCC1)N1CCCC(C)C1. The predicted octanol–water partition coefficient (Wildman–Crippen LogP) is 3.34. The third kappa shape index (κ3) is 7.11. The molecule has 0 aromatic heterocycles. The number of piperidine rings is 2. The summed E-state index contributed by atoms with van der Waals surface area (Å²) in [5.74, 6) is 1.95. The molecule has 2 fully saturated rings. The topological polar surface area (TPSA) is 30.9 Å². The van der Waals surface area contributed by atoms with Crippen LogP contribution in [0.4, 0.5) is 0 Å². The molecule has 2 aliphatic heterocycles. The smallest absolute Gasteiger partial charge is 0.193 e. The molecule has 0 aromatic rings. The van der Waals surface area contributed by atoms with E-state index in [1.807, 2.05) is 0 Å². The van der Waals surface area contributed by atoms with Gasteiger partial charge in [-0.2, -0.15) is 0 Å². The van der Waals surface area contributed by atoms with Crippen LogP contribution < -0.4 is 5.32 Å². The van der Waals surface area contributed by atoms with Crippen molar-refractivity contribution >= 4 is 5.96 Å². The summed E-state index contributed by atoms with van der Waals surface area (Å²) in [4.78, 5) is 9.98. The number of aliphatic imine (C=N–C) groups is 1. The van der Waals surface area contributed by atoms with Crippen LogP contribution in [-0.2, 0) is 0 Å². The molecule has 2 aliphatic rings. The summed E-state index contributed by atoms with van der Waals surface area (Å²) in [6.07, 6.45) is 10.8. The molecule has 4 heteroatoms. The highest BCUT2D eigenvalue weighted by atomic mass is 15.3. The summed E-state index contributed by atoms with van der Waals surface area (Å²) >= 11 is 0. The molecule has 0 amide bonds. The van der Waals surface area contributed by atoms with Crippen LogP contribution in [-0.4, -0.2) is 61.6 Å². The molecular formula is C19H38N4. The van der Waals surface area contributed by atoms with Gasteiger partial charge < -0.3 is 15.1 Å². The van der Waals surface area contributed by atoms with E-state index in [1.54, 1.807) is 0 Å². The molecule has 1 unspecified atom stereocenters. The van der Waals surface area contributed by atoms with Gasteiger partial charge in [0.15, 0.2) is 5.96 Å². The van der Waals surface area contributed by atoms with Crippen molar-refractivity contribution in [1.82, 2.24) is 15.1 Å². The van der Waals surface area contributed by atoms with Crippen LogP contribution in [0.1, 0.15) is 65.2 Å². The lowest BCUT2D eigenvalue weighted by Gasteiger charge is -2.33. The van der Waals surface area contributed by atoms with Gasteiger partial charge in [0.05, 0.1) is 0 Å². The maximum absolute atomic E-state index is 4.87. The van der Waals surface area contributed by atoms with Crippen LogP contribution in [0.15, 0.2) is 4.99 Å². The van der Waals surface area contributed by atoms with Crippen LogP contribution in [0.25, 0.3) is 0 Å². The fourth-order valence-corrected chi connectivity index (χ4v) is 3.80. The van der Waals surface area contributed by atoms with E-state index >= 15 is 0 Å². The van der Waals surface area contributed by atoms with Crippen molar-refractivity contribution in [3.63, 3.8) is 0 Å². The standard InChI is InChI=1S/C19H38N4/c1-3-20-19(23-16-10-11-18(2)17-23)21-12-6-4-7-13-22-14-8-5-9-15-22/h18H,3-17H2,1-2H3,(H,20,21). The summed E-state index contributed by atoms with van der Waals surface area (Å²) in [5.41, 5.74) is 0. The van der Waals surface area contributed by atoms with Crippen LogP contribution >= 0.6 is 0 Å². The Morgan fingerprint density at radius 3 is 2.61 bits per heavy atom. The third-order valence-corrected chi connectivity index (χ3v) is 5.13. The molecule has 0 bridgehead atoms. The maximum Gasteiger partial charge on any atom is 0.193 e. The quantitative estimate of drug-likeness (QED) is 0.443. The van der Waals surface area contributed by atoms with Crippen molar-refractivity contribution < 1.29 is 0 Å². The average Bonchev–Trinajstić information content (AvgIpc) is 2.58. The van der Waals surface area contributed by atoms with Gasteiger partial charge >= 0.3 is 0 Å². The Hall–Kier alpha value is -0.770. The lowest BCUT2D eigenvalue weighted by Crippen LogP contribution is -2.46. The number of nitrogens with one attached hydrogen (secondary N) is 1. The molecule has 1 N–H and O–H groups in total. The second-order valence-electron chi connectivity index (χ2n) is 7.39. The van der Waals surface area contributed by atoms with Crippen molar-refractivity contribution in [2.75, 3.05) is 45.8 Å². The molecule has 2 saturated heterocycles. The number of likely N-dealkylation sites (tertiary alicyclic amines) is 2. The van der Waals surface area contributed by atoms with Crippen LogP contribution in [0.3, 0.4) is 0 Å². The van der Waals surface area contributed by atoms with Crippen LogP contribution in [0.5, 0.6) is 0 Å².